The number of methoxy groups -OCH3 is 1. The van der Waals surface area contributed by atoms with Crippen LogP contribution in [0.3, 0.4) is 0 Å². The maximum absolute atomic E-state index is 12.2. The molecular weight excluding hydrogens is 418 g/mol. The van der Waals surface area contributed by atoms with Gasteiger partial charge in [-0.05, 0) is 36.2 Å². The lowest BCUT2D eigenvalue weighted by molar-refractivity contribution is -0.143. The van der Waals surface area contributed by atoms with E-state index in [9.17, 15) is 19.2 Å². The maximum atomic E-state index is 12.2. The van der Waals surface area contributed by atoms with Crippen LogP contribution in [0.4, 0.5) is 0 Å². The summed E-state index contributed by atoms with van der Waals surface area (Å²) in [5.74, 6) is -1.98. The Morgan fingerprint density at radius 2 is 1.56 bits per heavy atom. The Hall–Kier alpha value is -3.72. The van der Waals surface area contributed by atoms with Crippen LogP contribution < -0.4 is 14.8 Å². The SMILES string of the molecule is COC(=O)[C@H](Cc1ccc(OC(C)=O)c(OC(C)=O)c1)NCCOC(=O)c1ccccc1. The summed E-state index contributed by atoms with van der Waals surface area (Å²) < 4.78 is 20.2. The minimum absolute atomic E-state index is 0.0469. The van der Waals surface area contributed by atoms with Gasteiger partial charge in [-0.25, -0.2) is 4.79 Å². The number of carbonyl (C=O) groups excluding carboxylic acids is 4. The van der Waals surface area contributed by atoms with Crippen LogP contribution >= 0.6 is 0 Å². The third-order valence-corrected chi connectivity index (χ3v) is 4.18. The zero-order valence-electron chi connectivity index (χ0n) is 18.1. The summed E-state index contributed by atoms with van der Waals surface area (Å²) in [7, 11) is 1.26. The number of hydrogen-bond donors (Lipinski definition) is 1. The van der Waals surface area contributed by atoms with Gasteiger partial charge < -0.3 is 24.3 Å². The minimum atomic E-state index is -0.750. The number of benzene rings is 2. The predicted molar refractivity (Wildman–Crippen MR) is 113 cm³/mol. The first kappa shape index (κ1) is 24.5. The number of nitrogens with one attached hydrogen (secondary N) is 1. The first-order chi connectivity index (χ1) is 15.3. The molecule has 0 spiro atoms. The fourth-order valence-electron chi connectivity index (χ4n) is 2.80. The highest BCUT2D eigenvalue weighted by atomic mass is 16.6. The van der Waals surface area contributed by atoms with Crippen molar-refractivity contribution in [2.75, 3.05) is 20.3 Å². The average molecular weight is 443 g/mol. The topological polar surface area (TPSA) is 117 Å². The molecule has 0 aromatic heterocycles. The molecule has 0 heterocycles. The van der Waals surface area contributed by atoms with Gasteiger partial charge in [0.05, 0.1) is 12.7 Å². The molecule has 9 nitrogen and oxygen atoms in total. The second kappa shape index (κ2) is 12.2. The number of hydrogen-bond acceptors (Lipinski definition) is 9. The molecule has 2 rings (SSSR count). The third kappa shape index (κ3) is 7.84. The maximum Gasteiger partial charge on any atom is 0.338 e. The summed E-state index contributed by atoms with van der Waals surface area (Å²) in [4.78, 5) is 46.8. The van der Waals surface area contributed by atoms with E-state index in [4.69, 9.17) is 18.9 Å². The molecule has 32 heavy (non-hydrogen) atoms. The normalized spacial score (nSPS) is 11.2. The second-order valence-corrected chi connectivity index (χ2v) is 6.70. The van der Waals surface area contributed by atoms with Crippen LogP contribution in [0.2, 0.25) is 0 Å². The molecule has 0 aliphatic heterocycles. The summed E-state index contributed by atoms with van der Waals surface area (Å²) >= 11 is 0. The van der Waals surface area contributed by atoms with Crippen LogP contribution in [0.5, 0.6) is 11.5 Å². The first-order valence-electron chi connectivity index (χ1n) is 9.83. The molecule has 170 valence electrons. The number of carbonyl (C=O) groups is 4. The van der Waals surface area contributed by atoms with Crippen molar-refractivity contribution in [1.82, 2.24) is 5.32 Å². The number of rotatable bonds is 10. The van der Waals surface area contributed by atoms with E-state index in [1.54, 1.807) is 36.4 Å². The zero-order valence-corrected chi connectivity index (χ0v) is 18.1. The van der Waals surface area contributed by atoms with E-state index in [0.717, 1.165) is 0 Å². The van der Waals surface area contributed by atoms with E-state index in [1.807, 2.05) is 0 Å². The minimum Gasteiger partial charge on any atom is -0.468 e. The molecule has 1 atom stereocenters. The summed E-state index contributed by atoms with van der Waals surface area (Å²) in [5.41, 5.74) is 1.06. The van der Waals surface area contributed by atoms with E-state index in [-0.39, 0.29) is 31.1 Å². The van der Waals surface area contributed by atoms with Gasteiger partial charge in [0.15, 0.2) is 11.5 Å². The summed E-state index contributed by atoms with van der Waals surface area (Å²) in [6.45, 7) is 2.71. The molecule has 2 aromatic carbocycles. The molecular formula is C23H25NO8. The van der Waals surface area contributed by atoms with Crippen LogP contribution in [-0.4, -0.2) is 50.2 Å². The van der Waals surface area contributed by atoms with E-state index in [2.05, 4.69) is 5.32 Å². The summed E-state index contributed by atoms with van der Waals surface area (Å²) in [6, 6.07) is 12.4. The number of ether oxygens (including phenoxy) is 4. The average Bonchev–Trinajstić information content (AvgIpc) is 2.76. The van der Waals surface area contributed by atoms with Crippen molar-refractivity contribution in [2.24, 2.45) is 0 Å². The Bertz CT molecular complexity index is 958. The van der Waals surface area contributed by atoms with E-state index < -0.39 is 29.9 Å². The molecule has 1 N–H and O–H groups in total. The van der Waals surface area contributed by atoms with E-state index in [1.165, 1.54) is 33.1 Å². The first-order valence-corrected chi connectivity index (χ1v) is 9.83. The molecule has 0 aliphatic rings. The van der Waals surface area contributed by atoms with Crippen LogP contribution in [0.1, 0.15) is 29.8 Å². The molecule has 9 heteroatoms. The van der Waals surface area contributed by atoms with Crippen LogP contribution in [0, 0.1) is 0 Å². The Balaban J connectivity index is 2.01. The van der Waals surface area contributed by atoms with Gasteiger partial charge in [0.25, 0.3) is 0 Å². The van der Waals surface area contributed by atoms with Crippen molar-refractivity contribution in [2.45, 2.75) is 26.3 Å². The Morgan fingerprint density at radius 1 is 0.906 bits per heavy atom. The lowest BCUT2D eigenvalue weighted by atomic mass is 10.1. The molecule has 0 aliphatic carbocycles. The molecule has 2 aromatic rings. The lowest BCUT2D eigenvalue weighted by Gasteiger charge is -2.17. The quantitative estimate of drug-likeness (QED) is 0.334. The molecule has 0 saturated heterocycles. The fraction of sp³-hybridized carbons (Fsp3) is 0.304. The van der Waals surface area contributed by atoms with Crippen molar-refractivity contribution in [1.29, 1.82) is 0 Å². The molecule has 0 amide bonds. The van der Waals surface area contributed by atoms with Gasteiger partial charge in [-0.1, -0.05) is 24.3 Å². The monoisotopic (exact) mass is 443 g/mol. The van der Waals surface area contributed by atoms with Crippen molar-refractivity contribution in [3.8, 4) is 11.5 Å². The summed E-state index contributed by atoms with van der Waals surface area (Å²) in [5, 5.41) is 2.99. The van der Waals surface area contributed by atoms with Crippen molar-refractivity contribution in [3.05, 3.63) is 59.7 Å². The highest BCUT2D eigenvalue weighted by Gasteiger charge is 2.21. The Labute approximate surface area is 185 Å². The van der Waals surface area contributed by atoms with Gasteiger partial charge in [-0.2, -0.15) is 0 Å². The van der Waals surface area contributed by atoms with Gasteiger partial charge in [-0.15, -0.1) is 0 Å². The smallest absolute Gasteiger partial charge is 0.338 e. The second-order valence-electron chi connectivity index (χ2n) is 6.70. The van der Waals surface area contributed by atoms with Gasteiger partial charge in [0, 0.05) is 20.4 Å². The molecule has 0 unspecified atom stereocenters. The highest BCUT2D eigenvalue weighted by molar-refractivity contribution is 5.89. The lowest BCUT2D eigenvalue weighted by Crippen LogP contribution is -2.41. The fourth-order valence-corrected chi connectivity index (χ4v) is 2.80. The number of esters is 4. The van der Waals surface area contributed by atoms with Gasteiger partial charge in [0.2, 0.25) is 0 Å². The van der Waals surface area contributed by atoms with E-state index >= 15 is 0 Å². The van der Waals surface area contributed by atoms with Gasteiger partial charge >= 0.3 is 23.9 Å². The molecule has 0 bridgehead atoms. The Kier molecular flexibility index (Phi) is 9.37. The van der Waals surface area contributed by atoms with Crippen LogP contribution in [0.15, 0.2) is 48.5 Å². The predicted octanol–water partition coefficient (Wildman–Crippen LogP) is 2.07. The van der Waals surface area contributed by atoms with E-state index in [0.29, 0.717) is 11.1 Å². The van der Waals surface area contributed by atoms with Gasteiger partial charge in [0.1, 0.15) is 12.6 Å². The Morgan fingerprint density at radius 3 is 2.19 bits per heavy atom. The standard InChI is InChI=1S/C23H25NO8/c1-15(25)31-20-10-9-17(14-21(20)32-16(2)26)13-19(23(28)29-3)24-11-12-30-22(27)18-7-5-4-6-8-18/h4-10,14,19,24H,11-13H2,1-3H3/t19-/m0/s1. The van der Waals surface area contributed by atoms with Gasteiger partial charge in [-0.3, -0.25) is 14.4 Å². The zero-order chi connectivity index (χ0) is 23.5. The molecule has 0 fully saturated rings. The largest absolute Gasteiger partial charge is 0.468 e. The third-order valence-electron chi connectivity index (χ3n) is 4.18. The van der Waals surface area contributed by atoms with Crippen molar-refractivity contribution >= 4 is 23.9 Å². The molecule has 0 radical (unpaired) electrons. The van der Waals surface area contributed by atoms with Crippen molar-refractivity contribution < 1.29 is 38.1 Å². The van der Waals surface area contributed by atoms with Crippen LogP contribution in [-0.2, 0) is 30.3 Å². The van der Waals surface area contributed by atoms with Crippen LogP contribution in [0.25, 0.3) is 0 Å². The van der Waals surface area contributed by atoms with Crippen molar-refractivity contribution in [3.63, 3.8) is 0 Å². The summed E-state index contributed by atoms with van der Waals surface area (Å²) in [6.07, 6.45) is 0.188. The molecule has 0 saturated carbocycles. The highest BCUT2D eigenvalue weighted by Crippen LogP contribution is 2.29.